The highest BCUT2D eigenvalue weighted by Gasteiger charge is 2.23. The fourth-order valence-electron chi connectivity index (χ4n) is 3.62. The Morgan fingerprint density at radius 3 is 2.05 bits per heavy atom. The molecule has 0 heterocycles. The van der Waals surface area contributed by atoms with Crippen LogP contribution in [-0.2, 0) is 29.2 Å². The summed E-state index contributed by atoms with van der Waals surface area (Å²) in [5, 5.41) is 6.06. The highest BCUT2D eigenvalue weighted by Crippen LogP contribution is 2.26. The number of amides is 2. The Hall–Kier alpha value is -3.81. The maximum absolute atomic E-state index is 13.2. The van der Waals surface area contributed by atoms with E-state index >= 15 is 0 Å². The van der Waals surface area contributed by atoms with Gasteiger partial charge in [-0.05, 0) is 63.0 Å². The van der Waals surface area contributed by atoms with E-state index in [1.54, 1.807) is 18.2 Å². The molecule has 0 saturated heterocycles. The monoisotopic (exact) mass is 592 g/mol. The number of ether oxygens (including phenoxy) is 2. The number of carbonyl (C=O) groups excluding carboxylic acids is 2. The van der Waals surface area contributed by atoms with Crippen molar-refractivity contribution in [1.82, 2.24) is 5.32 Å². The number of hydrogen-bond donors (Lipinski definition) is 2. The molecule has 4 aromatic carbocycles. The number of nitrogens with one attached hydrogen (secondary N) is 2. The molecule has 4 rings (SSSR count). The van der Waals surface area contributed by atoms with Crippen LogP contribution in [0.1, 0.15) is 16.7 Å². The van der Waals surface area contributed by atoms with Crippen LogP contribution < -0.4 is 15.4 Å². The van der Waals surface area contributed by atoms with Gasteiger partial charge in [0.25, 0.3) is 0 Å². The average molecular weight is 594 g/mol. The van der Waals surface area contributed by atoms with Crippen LogP contribution in [0.15, 0.2) is 108 Å². The van der Waals surface area contributed by atoms with Gasteiger partial charge in [-0.3, -0.25) is 4.79 Å². The van der Waals surface area contributed by atoms with Crippen LogP contribution in [-0.4, -0.2) is 18.0 Å². The number of hydrogen-bond acceptors (Lipinski definition) is 4. The SMILES string of the molecule is O=C(N[C@H](Cc1ccc(OCc2ccccc2)cc1)C(=O)Nc1ccc(Cl)c(Br)c1)OCc1ccccc1. The van der Waals surface area contributed by atoms with E-state index in [2.05, 4.69) is 26.6 Å². The molecule has 0 spiro atoms. The van der Waals surface area contributed by atoms with Crippen molar-refractivity contribution in [3.05, 3.63) is 129 Å². The van der Waals surface area contributed by atoms with Crippen LogP contribution in [0.25, 0.3) is 0 Å². The first-order valence-electron chi connectivity index (χ1n) is 11.9. The second kappa shape index (κ2) is 13.7. The van der Waals surface area contributed by atoms with Gasteiger partial charge in [0.15, 0.2) is 0 Å². The van der Waals surface area contributed by atoms with Crippen molar-refractivity contribution in [1.29, 1.82) is 0 Å². The summed E-state index contributed by atoms with van der Waals surface area (Å²) in [6, 6.07) is 30.8. The van der Waals surface area contributed by atoms with Gasteiger partial charge in [-0.25, -0.2) is 4.79 Å². The zero-order valence-corrected chi connectivity index (χ0v) is 22.7. The van der Waals surface area contributed by atoms with Gasteiger partial charge in [0.05, 0.1) is 5.02 Å². The molecule has 1 atom stereocenters. The minimum absolute atomic E-state index is 0.0958. The van der Waals surface area contributed by atoms with Gasteiger partial charge in [-0.1, -0.05) is 84.4 Å². The Labute approximate surface area is 235 Å². The van der Waals surface area contributed by atoms with E-state index in [4.69, 9.17) is 21.1 Å². The van der Waals surface area contributed by atoms with Crippen LogP contribution in [0, 0.1) is 0 Å². The maximum Gasteiger partial charge on any atom is 0.408 e. The molecule has 2 amide bonds. The molecule has 0 bridgehead atoms. The summed E-state index contributed by atoms with van der Waals surface area (Å²) < 4.78 is 11.9. The quantitative estimate of drug-likeness (QED) is 0.205. The summed E-state index contributed by atoms with van der Waals surface area (Å²) in [6.07, 6.45) is -0.436. The summed E-state index contributed by atoms with van der Waals surface area (Å²) in [4.78, 5) is 25.8. The van der Waals surface area contributed by atoms with Gasteiger partial charge in [0.2, 0.25) is 5.91 Å². The van der Waals surface area contributed by atoms with E-state index in [1.165, 1.54) is 0 Å². The van der Waals surface area contributed by atoms with E-state index in [1.807, 2.05) is 84.9 Å². The minimum atomic E-state index is -0.885. The predicted molar refractivity (Wildman–Crippen MR) is 152 cm³/mol. The minimum Gasteiger partial charge on any atom is -0.489 e. The summed E-state index contributed by atoms with van der Waals surface area (Å²) in [7, 11) is 0. The third-order valence-electron chi connectivity index (χ3n) is 5.62. The van der Waals surface area contributed by atoms with Gasteiger partial charge in [-0.15, -0.1) is 0 Å². The molecule has 0 aliphatic heterocycles. The van der Waals surface area contributed by atoms with E-state index in [0.717, 1.165) is 16.7 Å². The Balaban J connectivity index is 1.41. The van der Waals surface area contributed by atoms with E-state index < -0.39 is 12.1 Å². The second-order valence-electron chi connectivity index (χ2n) is 8.50. The van der Waals surface area contributed by atoms with E-state index in [0.29, 0.717) is 27.5 Å². The van der Waals surface area contributed by atoms with Gasteiger partial charge in [0, 0.05) is 16.6 Å². The van der Waals surface area contributed by atoms with Crippen molar-refractivity contribution >= 4 is 45.2 Å². The Morgan fingerprint density at radius 2 is 1.42 bits per heavy atom. The third-order valence-corrected chi connectivity index (χ3v) is 6.83. The number of carbonyl (C=O) groups is 2. The van der Waals surface area contributed by atoms with Crippen LogP contribution >= 0.6 is 27.5 Å². The van der Waals surface area contributed by atoms with Crippen molar-refractivity contribution in [2.24, 2.45) is 0 Å². The van der Waals surface area contributed by atoms with Crippen molar-refractivity contribution < 1.29 is 19.1 Å². The lowest BCUT2D eigenvalue weighted by Crippen LogP contribution is -2.45. The number of benzene rings is 4. The molecule has 0 unspecified atom stereocenters. The molecule has 0 radical (unpaired) electrons. The first-order chi connectivity index (χ1) is 18.5. The highest BCUT2D eigenvalue weighted by molar-refractivity contribution is 9.10. The van der Waals surface area contributed by atoms with Crippen molar-refractivity contribution in [2.45, 2.75) is 25.7 Å². The second-order valence-corrected chi connectivity index (χ2v) is 9.76. The topological polar surface area (TPSA) is 76.7 Å². The van der Waals surface area contributed by atoms with Gasteiger partial charge >= 0.3 is 6.09 Å². The first kappa shape index (κ1) is 27.2. The molecule has 38 heavy (non-hydrogen) atoms. The van der Waals surface area contributed by atoms with Crippen LogP contribution in [0.5, 0.6) is 5.75 Å². The lowest BCUT2D eigenvalue weighted by molar-refractivity contribution is -0.118. The van der Waals surface area contributed by atoms with Crippen molar-refractivity contribution in [2.75, 3.05) is 5.32 Å². The Morgan fingerprint density at radius 1 is 0.789 bits per heavy atom. The zero-order chi connectivity index (χ0) is 26.7. The molecular weight excluding hydrogens is 568 g/mol. The molecule has 6 nitrogen and oxygen atoms in total. The largest absolute Gasteiger partial charge is 0.489 e. The van der Waals surface area contributed by atoms with Crippen molar-refractivity contribution in [3.63, 3.8) is 0 Å². The normalized spacial score (nSPS) is 11.3. The molecular formula is C30H26BrClN2O4. The lowest BCUT2D eigenvalue weighted by atomic mass is 10.0. The van der Waals surface area contributed by atoms with Gasteiger partial charge in [-0.2, -0.15) is 0 Å². The molecule has 2 N–H and O–H groups in total. The van der Waals surface area contributed by atoms with Crippen LogP contribution in [0.2, 0.25) is 5.02 Å². The zero-order valence-electron chi connectivity index (χ0n) is 20.4. The molecule has 0 saturated carbocycles. The van der Waals surface area contributed by atoms with E-state index in [9.17, 15) is 9.59 Å². The molecule has 0 aromatic heterocycles. The Bertz CT molecular complexity index is 1350. The van der Waals surface area contributed by atoms with Crippen molar-refractivity contribution in [3.8, 4) is 5.75 Å². The molecule has 194 valence electrons. The smallest absolute Gasteiger partial charge is 0.408 e. The summed E-state index contributed by atoms with van der Waals surface area (Å²) in [6.45, 7) is 0.551. The standard InChI is InChI=1S/C30H26BrClN2O4/c31-26-18-24(13-16-27(26)32)33-29(35)28(34-30(36)38-20-23-9-5-2-6-10-23)17-21-11-14-25(15-12-21)37-19-22-7-3-1-4-8-22/h1-16,18,28H,17,19-20H2,(H,33,35)(H,34,36)/t28-/m1/s1. The number of alkyl carbamates (subject to hydrolysis) is 1. The van der Waals surface area contributed by atoms with Gasteiger partial charge in [0.1, 0.15) is 25.0 Å². The number of halogens is 2. The third kappa shape index (κ3) is 8.36. The van der Waals surface area contributed by atoms with Gasteiger partial charge < -0.3 is 20.1 Å². The number of rotatable bonds is 10. The summed E-state index contributed by atoms with van der Waals surface area (Å²) >= 11 is 9.43. The van der Waals surface area contributed by atoms with Crippen LogP contribution in [0.3, 0.4) is 0 Å². The first-order valence-corrected chi connectivity index (χ1v) is 13.1. The average Bonchev–Trinajstić information content (AvgIpc) is 2.94. The maximum atomic E-state index is 13.2. The predicted octanol–water partition coefficient (Wildman–Crippen LogP) is 7.16. The van der Waals surface area contributed by atoms with E-state index in [-0.39, 0.29) is 18.9 Å². The molecule has 4 aromatic rings. The number of anilines is 1. The molecule has 0 aliphatic rings. The molecule has 0 fully saturated rings. The molecule has 0 aliphatic carbocycles. The summed E-state index contributed by atoms with van der Waals surface area (Å²) in [5.41, 5.74) is 3.30. The fraction of sp³-hybridized carbons (Fsp3) is 0.133. The summed E-state index contributed by atoms with van der Waals surface area (Å²) in [5.74, 6) is 0.320. The van der Waals surface area contributed by atoms with Crippen LogP contribution in [0.4, 0.5) is 10.5 Å². The Kier molecular flexibility index (Phi) is 9.78. The molecule has 8 heteroatoms. The fourth-order valence-corrected chi connectivity index (χ4v) is 4.11. The lowest BCUT2D eigenvalue weighted by Gasteiger charge is -2.19. The highest BCUT2D eigenvalue weighted by atomic mass is 79.9.